The van der Waals surface area contributed by atoms with Gasteiger partial charge in [-0.1, -0.05) is 13.0 Å². The van der Waals surface area contributed by atoms with Crippen molar-refractivity contribution in [2.45, 2.75) is 25.9 Å². The van der Waals surface area contributed by atoms with E-state index in [9.17, 15) is 9.59 Å². The highest BCUT2D eigenvalue weighted by Gasteiger charge is 2.18. The Bertz CT molecular complexity index is 572. The van der Waals surface area contributed by atoms with E-state index in [4.69, 9.17) is 14.6 Å². The summed E-state index contributed by atoms with van der Waals surface area (Å²) in [5.41, 5.74) is 0.597. The Hall–Kier alpha value is -2.28. The van der Waals surface area contributed by atoms with Crippen molar-refractivity contribution < 1.29 is 24.2 Å². The number of carboxylic acids is 1. The number of hydrogen-bond acceptors (Lipinski definition) is 4. The molecule has 2 atom stereocenters. The Balaban J connectivity index is 1.86. The number of urea groups is 1. The molecule has 2 unspecified atom stereocenters. The van der Waals surface area contributed by atoms with E-state index < -0.39 is 11.9 Å². The number of hydrogen-bond donors (Lipinski definition) is 2. The molecular formula is C17H24N2O5. The first-order valence-corrected chi connectivity index (χ1v) is 8.05. The zero-order valence-corrected chi connectivity index (χ0v) is 14.0. The summed E-state index contributed by atoms with van der Waals surface area (Å²) in [6.45, 7) is 2.97. The van der Waals surface area contributed by atoms with Crippen molar-refractivity contribution in [2.75, 3.05) is 32.1 Å². The molecule has 1 aliphatic heterocycles. The fourth-order valence-electron chi connectivity index (χ4n) is 2.42. The Labute approximate surface area is 141 Å². The van der Waals surface area contributed by atoms with Gasteiger partial charge in [-0.3, -0.25) is 4.79 Å². The van der Waals surface area contributed by atoms with Gasteiger partial charge in [0.1, 0.15) is 12.4 Å². The maximum atomic E-state index is 12.1. The predicted molar refractivity (Wildman–Crippen MR) is 89.4 cm³/mol. The summed E-state index contributed by atoms with van der Waals surface area (Å²) < 4.78 is 11.2. The number of carbonyl (C=O) groups is 2. The average Bonchev–Trinajstić information content (AvgIpc) is 3.06. The Morgan fingerprint density at radius 1 is 1.50 bits per heavy atom. The van der Waals surface area contributed by atoms with E-state index in [0.717, 1.165) is 19.4 Å². The standard InChI is InChI=1S/C17H24N2O5/c1-12(16(20)21)10-19(2)17(22)18-13-5-3-6-14(9-13)24-11-15-7-4-8-23-15/h3,5-6,9,12,15H,4,7-8,10-11H2,1-2H3,(H,18,22)(H,20,21). The molecule has 0 spiro atoms. The van der Waals surface area contributed by atoms with Gasteiger partial charge >= 0.3 is 12.0 Å². The first-order valence-electron chi connectivity index (χ1n) is 8.05. The van der Waals surface area contributed by atoms with Crippen molar-refractivity contribution in [1.29, 1.82) is 0 Å². The number of carbonyl (C=O) groups excluding carboxylic acids is 1. The Kier molecular flexibility index (Phi) is 6.43. The number of amides is 2. The van der Waals surface area contributed by atoms with E-state index in [0.29, 0.717) is 18.0 Å². The van der Waals surface area contributed by atoms with Crippen LogP contribution in [0.2, 0.25) is 0 Å². The van der Waals surface area contributed by atoms with Gasteiger partial charge in [0.25, 0.3) is 0 Å². The molecule has 2 N–H and O–H groups in total. The normalized spacial score (nSPS) is 18.0. The quantitative estimate of drug-likeness (QED) is 0.798. The smallest absolute Gasteiger partial charge is 0.321 e. The fraction of sp³-hybridized carbons (Fsp3) is 0.529. The lowest BCUT2D eigenvalue weighted by Crippen LogP contribution is -2.36. The minimum atomic E-state index is -0.931. The van der Waals surface area contributed by atoms with Gasteiger partial charge in [-0.2, -0.15) is 0 Å². The van der Waals surface area contributed by atoms with E-state index in [2.05, 4.69) is 5.32 Å². The first-order chi connectivity index (χ1) is 11.5. The van der Waals surface area contributed by atoms with Gasteiger partial charge in [0.05, 0.1) is 12.0 Å². The third-order valence-corrected chi connectivity index (χ3v) is 3.86. The van der Waals surface area contributed by atoms with Gasteiger partial charge in [0.2, 0.25) is 0 Å². The Morgan fingerprint density at radius 3 is 2.96 bits per heavy atom. The number of benzene rings is 1. The summed E-state index contributed by atoms with van der Waals surface area (Å²) in [6.07, 6.45) is 2.20. The molecule has 0 radical (unpaired) electrons. The lowest BCUT2D eigenvalue weighted by molar-refractivity contribution is -0.141. The van der Waals surface area contributed by atoms with Crippen LogP contribution in [0.5, 0.6) is 5.75 Å². The summed E-state index contributed by atoms with van der Waals surface area (Å²) in [4.78, 5) is 24.3. The zero-order chi connectivity index (χ0) is 17.5. The van der Waals surface area contributed by atoms with E-state index in [1.807, 2.05) is 6.07 Å². The van der Waals surface area contributed by atoms with Crippen molar-refractivity contribution in [3.05, 3.63) is 24.3 Å². The number of carboxylic acid groups (broad SMARTS) is 1. The van der Waals surface area contributed by atoms with Crippen molar-refractivity contribution in [3.8, 4) is 5.75 Å². The van der Waals surface area contributed by atoms with Crippen LogP contribution >= 0.6 is 0 Å². The number of nitrogens with one attached hydrogen (secondary N) is 1. The molecule has 0 aliphatic carbocycles. The molecule has 0 aromatic heterocycles. The summed E-state index contributed by atoms with van der Waals surface area (Å²) in [7, 11) is 1.56. The second kappa shape index (κ2) is 8.54. The van der Waals surface area contributed by atoms with Crippen molar-refractivity contribution in [2.24, 2.45) is 5.92 Å². The van der Waals surface area contributed by atoms with Crippen molar-refractivity contribution >= 4 is 17.7 Å². The molecule has 7 nitrogen and oxygen atoms in total. The maximum Gasteiger partial charge on any atom is 0.321 e. The molecule has 0 saturated carbocycles. The highest BCUT2D eigenvalue weighted by atomic mass is 16.5. The second-order valence-corrected chi connectivity index (χ2v) is 6.02. The molecule has 1 aliphatic rings. The molecule has 2 amide bonds. The van der Waals surface area contributed by atoms with E-state index >= 15 is 0 Å². The molecule has 1 heterocycles. The molecule has 0 bridgehead atoms. The molecule has 7 heteroatoms. The van der Waals surface area contributed by atoms with Gasteiger partial charge in [0.15, 0.2) is 0 Å². The zero-order valence-electron chi connectivity index (χ0n) is 14.0. The van der Waals surface area contributed by atoms with E-state index in [1.54, 1.807) is 32.2 Å². The lowest BCUT2D eigenvalue weighted by Gasteiger charge is -2.20. The summed E-state index contributed by atoms with van der Waals surface area (Å²) in [5.74, 6) is -0.897. The monoisotopic (exact) mass is 336 g/mol. The summed E-state index contributed by atoms with van der Waals surface area (Å²) >= 11 is 0. The molecule has 1 fully saturated rings. The average molecular weight is 336 g/mol. The van der Waals surface area contributed by atoms with Crippen LogP contribution in [-0.4, -0.2) is 54.9 Å². The SMILES string of the molecule is CC(CN(C)C(=O)Nc1cccc(OCC2CCCO2)c1)C(=O)O. The Morgan fingerprint density at radius 2 is 2.29 bits per heavy atom. The van der Waals surface area contributed by atoms with Crippen LogP contribution in [0.25, 0.3) is 0 Å². The van der Waals surface area contributed by atoms with Crippen LogP contribution in [0.1, 0.15) is 19.8 Å². The van der Waals surface area contributed by atoms with Gasteiger partial charge in [-0.25, -0.2) is 4.79 Å². The molecule has 132 valence electrons. The number of aliphatic carboxylic acids is 1. The van der Waals surface area contributed by atoms with Crippen LogP contribution in [0.15, 0.2) is 24.3 Å². The van der Waals surface area contributed by atoms with Crippen molar-refractivity contribution in [1.82, 2.24) is 4.90 Å². The minimum Gasteiger partial charge on any atom is -0.491 e. The lowest BCUT2D eigenvalue weighted by atomic mass is 10.2. The van der Waals surface area contributed by atoms with Gasteiger partial charge < -0.3 is 24.8 Å². The van der Waals surface area contributed by atoms with Crippen LogP contribution in [-0.2, 0) is 9.53 Å². The van der Waals surface area contributed by atoms with Gasteiger partial charge in [0, 0.05) is 32.0 Å². The van der Waals surface area contributed by atoms with Crippen molar-refractivity contribution in [3.63, 3.8) is 0 Å². The summed E-state index contributed by atoms with van der Waals surface area (Å²) in [5, 5.41) is 11.6. The van der Waals surface area contributed by atoms with Gasteiger partial charge in [-0.15, -0.1) is 0 Å². The fourth-order valence-corrected chi connectivity index (χ4v) is 2.42. The second-order valence-electron chi connectivity index (χ2n) is 6.02. The number of anilines is 1. The highest BCUT2D eigenvalue weighted by Crippen LogP contribution is 2.20. The number of rotatable bonds is 7. The molecule has 1 aromatic rings. The van der Waals surface area contributed by atoms with E-state index in [1.165, 1.54) is 4.90 Å². The number of ether oxygens (including phenoxy) is 2. The molecule has 24 heavy (non-hydrogen) atoms. The minimum absolute atomic E-state index is 0.131. The predicted octanol–water partition coefficient (Wildman–Crippen LogP) is 2.43. The van der Waals surface area contributed by atoms with Crippen LogP contribution in [0, 0.1) is 5.92 Å². The van der Waals surface area contributed by atoms with Crippen LogP contribution < -0.4 is 10.1 Å². The van der Waals surface area contributed by atoms with E-state index in [-0.39, 0.29) is 18.7 Å². The third-order valence-electron chi connectivity index (χ3n) is 3.86. The topological polar surface area (TPSA) is 88.1 Å². The first kappa shape index (κ1) is 18.1. The largest absolute Gasteiger partial charge is 0.491 e. The van der Waals surface area contributed by atoms with Crippen LogP contribution in [0.4, 0.5) is 10.5 Å². The molecular weight excluding hydrogens is 312 g/mol. The summed E-state index contributed by atoms with van der Waals surface area (Å²) in [6, 6.07) is 6.74. The molecule has 2 rings (SSSR count). The molecule has 1 saturated heterocycles. The highest BCUT2D eigenvalue weighted by molar-refractivity contribution is 5.89. The maximum absolute atomic E-state index is 12.1. The third kappa shape index (κ3) is 5.42. The number of nitrogens with zero attached hydrogens (tertiary/aromatic N) is 1. The van der Waals surface area contributed by atoms with Crippen LogP contribution in [0.3, 0.4) is 0 Å². The molecule has 1 aromatic carbocycles. The van der Waals surface area contributed by atoms with Gasteiger partial charge in [-0.05, 0) is 25.0 Å².